The number of nitrogens with zero attached hydrogens (tertiary/aromatic N) is 2. The maximum Gasteiger partial charge on any atom is 0.237 e. The minimum Gasteiger partial charge on any atom is -0.378 e. The van der Waals surface area contributed by atoms with E-state index in [0.717, 1.165) is 47.3 Å². The van der Waals surface area contributed by atoms with Gasteiger partial charge in [0.05, 0.1) is 24.1 Å². The zero-order valence-electron chi connectivity index (χ0n) is 21.9. The largest absolute Gasteiger partial charge is 0.378 e. The number of carbonyl (C=O) groups excluding carboxylic acids is 1. The van der Waals surface area contributed by atoms with Crippen molar-refractivity contribution in [2.45, 2.75) is 62.7 Å². The summed E-state index contributed by atoms with van der Waals surface area (Å²) in [6.45, 7) is 1.43. The highest BCUT2D eigenvalue weighted by Gasteiger charge is 2.57. The van der Waals surface area contributed by atoms with Crippen molar-refractivity contribution >= 4 is 36.4 Å². The predicted molar refractivity (Wildman–Crippen MR) is 157 cm³/mol. The first-order chi connectivity index (χ1) is 18.0. The number of halogens is 3. The molecule has 4 bridgehead atoms. The fourth-order valence-corrected chi connectivity index (χ4v) is 8.08. The minimum absolute atomic E-state index is 0. The van der Waals surface area contributed by atoms with Crippen molar-refractivity contribution in [1.29, 1.82) is 0 Å². The normalized spacial score (nSPS) is 27.9. The van der Waals surface area contributed by atoms with E-state index in [2.05, 4.69) is 34.9 Å². The van der Waals surface area contributed by atoms with Gasteiger partial charge in [-0.25, -0.2) is 4.39 Å². The van der Waals surface area contributed by atoms with E-state index >= 15 is 0 Å². The lowest BCUT2D eigenvalue weighted by Gasteiger charge is -2.62. The van der Waals surface area contributed by atoms with Crippen LogP contribution in [0.3, 0.4) is 0 Å². The summed E-state index contributed by atoms with van der Waals surface area (Å²) in [6.07, 6.45) is 8.99. The van der Waals surface area contributed by atoms with Crippen LogP contribution in [-0.4, -0.2) is 33.4 Å². The van der Waals surface area contributed by atoms with E-state index in [0.29, 0.717) is 31.5 Å². The van der Waals surface area contributed by atoms with Gasteiger partial charge in [0.1, 0.15) is 5.82 Å². The van der Waals surface area contributed by atoms with Crippen LogP contribution >= 0.6 is 24.8 Å². The molecule has 3 aromatic rings. The Morgan fingerprint density at radius 3 is 2.36 bits per heavy atom. The number of anilines is 1. The molecule has 2 heterocycles. The van der Waals surface area contributed by atoms with E-state index in [1.165, 1.54) is 25.3 Å². The summed E-state index contributed by atoms with van der Waals surface area (Å²) in [5.41, 5.74) is 5.23. The smallest absolute Gasteiger partial charge is 0.237 e. The Hall–Kier alpha value is -2.67. The molecule has 4 fully saturated rings. The minimum atomic E-state index is -0.234. The Kier molecular flexibility index (Phi) is 7.66. The fourth-order valence-electron chi connectivity index (χ4n) is 8.08. The van der Waals surface area contributed by atoms with Crippen LogP contribution in [0, 0.1) is 17.7 Å². The molecule has 5 nitrogen and oxygen atoms in total. The van der Waals surface area contributed by atoms with Gasteiger partial charge in [0, 0.05) is 29.7 Å². The second-order valence-corrected chi connectivity index (χ2v) is 12.0. The van der Waals surface area contributed by atoms with Crippen LogP contribution in [0.1, 0.15) is 49.7 Å². The molecule has 2 atom stereocenters. The average Bonchev–Trinajstić information content (AvgIpc) is 3.31. The molecule has 5 aliphatic rings. The molecule has 2 unspecified atom stereocenters. The Labute approximate surface area is 241 Å². The first-order valence-corrected chi connectivity index (χ1v) is 13.6. The van der Waals surface area contributed by atoms with Gasteiger partial charge >= 0.3 is 0 Å². The summed E-state index contributed by atoms with van der Waals surface area (Å²) in [7, 11) is 0. The topological polar surface area (TPSA) is 57.3 Å². The number of carbonyl (C=O) groups is 1. The number of rotatable bonds is 6. The highest BCUT2D eigenvalue weighted by molar-refractivity contribution is 5.85. The van der Waals surface area contributed by atoms with Crippen molar-refractivity contribution < 1.29 is 9.18 Å². The molecule has 206 valence electrons. The van der Waals surface area contributed by atoms with Crippen molar-refractivity contribution in [3.8, 4) is 11.3 Å². The third kappa shape index (κ3) is 5.39. The molecule has 4 aliphatic carbocycles. The highest BCUT2D eigenvalue weighted by Crippen LogP contribution is 2.58. The van der Waals surface area contributed by atoms with Crippen LogP contribution in [0.25, 0.3) is 11.3 Å². The maximum atomic E-state index is 13.6. The van der Waals surface area contributed by atoms with Gasteiger partial charge in [-0.3, -0.25) is 9.78 Å². The van der Waals surface area contributed by atoms with Crippen molar-refractivity contribution in [3.05, 3.63) is 83.8 Å². The lowest BCUT2D eigenvalue weighted by atomic mass is 9.50. The number of fused-ring (bicyclic) bond motifs is 1. The number of aromatic nitrogens is 1. The van der Waals surface area contributed by atoms with Gasteiger partial charge in [-0.2, -0.15) is 0 Å². The molecule has 8 heteroatoms. The van der Waals surface area contributed by atoms with Crippen LogP contribution in [0.2, 0.25) is 0 Å². The maximum absolute atomic E-state index is 13.6. The van der Waals surface area contributed by atoms with Crippen molar-refractivity contribution in [2.24, 2.45) is 11.8 Å². The SMILES string of the molecule is Cl.Cl.O=C(CNC12CC3CC(C1)CC(Nc1ccc(-c4ccccc4)nc1)(C3)C2)N1Cc2ccc(F)cc2C1. The van der Waals surface area contributed by atoms with Gasteiger partial charge in [0.25, 0.3) is 0 Å². The molecule has 1 aromatic heterocycles. The Bertz CT molecular complexity index is 1320. The molecule has 1 aliphatic heterocycles. The zero-order chi connectivity index (χ0) is 25.0. The van der Waals surface area contributed by atoms with E-state index in [1.54, 1.807) is 12.1 Å². The fraction of sp³-hybridized carbons (Fsp3) is 0.419. The van der Waals surface area contributed by atoms with Crippen molar-refractivity contribution in [1.82, 2.24) is 15.2 Å². The molecule has 8 rings (SSSR count). The second kappa shape index (κ2) is 10.7. The van der Waals surface area contributed by atoms with E-state index in [-0.39, 0.29) is 47.6 Å². The summed E-state index contributed by atoms with van der Waals surface area (Å²) in [5.74, 6) is 1.25. The summed E-state index contributed by atoms with van der Waals surface area (Å²) in [5, 5.41) is 7.68. The number of pyridine rings is 1. The van der Waals surface area contributed by atoms with Crippen LogP contribution < -0.4 is 10.6 Å². The van der Waals surface area contributed by atoms with Crippen LogP contribution in [-0.2, 0) is 17.9 Å². The highest BCUT2D eigenvalue weighted by atomic mass is 35.5. The molecule has 2 N–H and O–H groups in total. The quantitative estimate of drug-likeness (QED) is 0.363. The van der Waals surface area contributed by atoms with Crippen molar-refractivity contribution in [3.63, 3.8) is 0 Å². The first-order valence-electron chi connectivity index (χ1n) is 13.6. The third-order valence-corrected chi connectivity index (χ3v) is 9.16. The Morgan fingerprint density at radius 1 is 0.923 bits per heavy atom. The lowest BCUT2D eigenvalue weighted by Crippen LogP contribution is -2.67. The third-order valence-electron chi connectivity index (χ3n) is 9.16. The van der Waals surface area contributed by atoms with Crippen LogP contribution in [0.4, 0.5) is 10.1 Å². The van der Waals surface area contributed by atoms with Gasteiger partial charge in [-0.1, -0.05) is 36.4 Å². The molecule has 0 spiro atoms. The number of benzene rings is 2. The monoisotopic (exact) mass is 568 g/mol. The summed E-state index contributed by atoms with van der Waals surface area (Å²) < 4.78 is 13.6. The van der Waals surface area contributed by atoms with E-state index in [1.807, 2.05) is 29.3 Å². The molecule has 1 amide bonds. The molecule has 2 aromatic carbocycles. The number of hydrogen-bond acceptors (Lipinski definition) is 4. The lowest BCUT2D eigenvalue weighted by molar-refractivity contribution is -0.132. The Morgan fingerprint density at radius 2 is 1.64 bits per heavy atom. The van der Waals surface area contributed by atoms with Crippen LogP contribution in [0.15, 0.2) is 66.9 Å². The van der Waals surface area contributed by atoms with Gasteiger partial charge in [-0.05, 0) is 85.8 Å². The zero-order valence-corrected chi connectivity index (χ0v) is 23.5. The number of nitrogens with one attached hydrogen (secondary N) is 2. The molecule has 39 heavy (non-hydrogen) atoms. The summed E-state index contributed by atoms with van der Waals surface area (Å²) in [4.78, 5) is 19.7. The number of amides is 1. The standard InChI is InChI=1S/C31H33FN4O.2ClH/c32-26-7-6-24-18-36(19-25(24)11-26)29(37)17-34-30-12-21-10-22(13-30)15-31(14-21,20-30)35-27-8-9-28(33-16-27)23-4-2-1-3-5-23;;/h1-9,11,16,21-22,34-35H,10,12-15,17-20H2;2*1H. The van der Waals surface area contributed by atoms with Gasteiger partial charge in [0.15, 0.2) is 0 Å². The van der Waals surface area contributed by atoms with Gasteiger partial charge in [-0.15, -0.1) is 24.8 Å². The molecule has 0 saturated heterocycles. The molecule has 4 saturated carbocycles. The second-order valence-electron chi connectivity index (χ2n) is 12.0. The molecule has 0 radical (unpaired) electrons. The summed E-state index contributed by atoms with van der Waals surface area (Å²) >= 11 is 0. The van der Waals surface area contributed by atoms with Crippen LogP contribution in [0.5, 0.6) is 0 Å². The molecular weight excluding hydrogens is 534 g/mol. The number of hydrogen-bond donors (Lipinski definition) is 2. The summed E-state index contributed by atoms with van der Waals surface area (Å²) in [6, 6.07) is 19.4. The van der Waals surface area contributed by atoms with E-state index in [9.17, 15) is 9.18 Å². The first kappa shape index (κ1) is 27.9. The van der Waals surface area contributed by atoms with E-state index < -0.39 is 0 Å². The van der Waals surface area contributed by atoms with E-state index in [4.69, 9.17) is 4.98 Å². The molecular formula is C31H35Cl2FN4O. The van der Waals surface area contributed by atoms with Gasteiger partial charge < -0.3 is 15.5 Å². The van der Waals surface area contributed by atoms with Crippen molar-refractivity contribution in [2.75, 3.05) is 11.9 Å². The Balaban J connectivity index is 0.00000154. The van der Waals surface area contributed by atoms with Gasteiger partial charge in [0.2, 0.25) is 5.91 Å². The average molecular weight is 570 g/mol. The predicted octanol–water partition coefficient (Wildman–Crippen LogP) is 6.37.